The van der Waals surface area contributed by atoms with Crippen LogP contribution >= 0.6 is 0 Å². The minimum Gasteiger partial charge on any atom is -0.320 e. The van der Waals surface area contributed by atoms with E-state index in [1.54, 1.807) is 18.5 Å². The molecule has 0 spiro atoms. The van der Waals surface area contributed by atoms with Crippen molar-refractivity contribution in [2.75, 3.05) is 13.6 Å². The van der Waals surface area contributed by atoms with Crippen molar-refractivity contribution >= 4 is 23.2 Å². The molecule has 2 aromatic heterocycles. The number of hydrogen-bond acceptors (Lipinski definition) is 2. The second kappa shape index (κ2) is 5.63. The summed E-state index contributed by atoms with van der Waals surface area (Å²) in [7, 11) is 2.11. The summed E-state index contributed by atoms with van der Waals surface area (Å²) in [5.41, 5.74) is 4.70. The van der Waals surface area contributed by atoms with Gasteiger partial charge in [0.2, 0.25) is 0 Å². The Balaban J connectivity index is 1.87. The predicted molar refractivity (Wildman–Crippen MR) is 91.4 cm³/mol. The summed E-state index contributed by atoms with van der Waals surface area (Å²) >= 11 is 0. The summed E-state index contributed by atoms with van der Waals surface area (Å²) in [4.78, 5) is 6.32. The van der Waals surface area contributed by atoms with Crippen LogP contribution in [0.15, 0.2) is 42.7 Å². The number of benzene rings is 1. The predicted octanol–water partition coefficient (Wildman–Crippen LogP) is 3.79. The van der Waals surface area contributed by atoms with Gasteiger partial charge in [-0.15, -0.1) is 0 Å². The molecule has 0 fully saturated rings. The quantitative estimate of drug-likeness (QED) is 0.718. The smallest absolute Gasteiger partial charge is 0.123 e. The standard InChI is InChI=1S/C19H18FN3/c1-22-10-7-19-17(13-22)16-12-15(20)2-3-18(16)23(19)11-6-14-4-8-21-9-5-14/h2-6,8-9,11-12H,7,10,13H2,1H3. The number of likely N-dealkylation sites (N-methyl/N-ethyl adjacent to an activating group) is 1. The normalized spacial score (nSPS) is 15.4. The summed E-state index contributed by atoms with van der Waals surface area (Å²) in [6.45, 7) is 1.89. The van der Waals surface area contributed by atoms with Gasteiger partial charge in [0.05, 0.1) is 5.52 Å². The van der Waals surface area contributed by atoms with Crippen molar-refractivity contribution in [1.29, 1.82) is 0 Å². The first kappa shape index (κ1) is 14.2. The summed E-state index contributed by atoms with van der Waals surface area (Å²) < 4.78 is 15.9. The van der Waals surface area contributed by atoms with Crippen molar-refractivity contribution in [2.24, 2.45) is 0 Å². The molecule has 116 valence electrons. The Labute approximate surface area is 134 Å². The van der Waals surface area contributed by atoms with Crippen molar-refractivity contribution in [3.8, 4) is 0 Å². The van der Waals surface area contributed by atoms with Gasteiger partial charge in [0.25, 0.3) is 0 Å². The van der Waals surface area contributed by atoms with Crippen LogP contribution in [0.25, 0.3) is 23.2 Å². The van der Waals surface area contributed by atoms with E-state index in [4.69, 9.17) is 0 Å². The summed E-state index contributed by atoms with van der Waals surface area (Å²) in [6.07, 6.45) is 8.70. The first-order valence-electron chi connectivity index (χ1n) is 7.80. The molecule has 3 heterocycles. The van der Waals surface area contributed by atoms with Crippen LogP contribution in [0, 0.1) is 5.82 Å². The maximum Gasteiger partial charge on any atom is 0.123 e. The highest BCUT2D eigenvalue weighted by molar-refractivity contribution is 5.88. The van der Waals surface area contributed by atoms with Crippen LogP contribution in [0.3, 0.4) is 0 Å². The molecule has 0 atom stereocenters. The third kappa shape index (κ3) is 2.55. The first-order valence-corrected chi connectivity index (χ1v) is 7.80. The Kier molecular flexibility index (Phi) is 3.46. The van der Waals surface area contributed by atoms with Crippen LogP contribution in [0.4, 0.5) is 4.39 Å². The zero-order valence-corrected chi connectivity index (χ0v) is 13.0. The highest BCUT2D eigenvalue weighted by atomic mass is 19.1. The number of hydrogen-bond donors (Lipinski definition) is 0. The molecule has 0 unspecified atom stereocenters. The molecule has 1 aliphatic rings. The fourth-order valence-electron chi connectivity index (χ4n) is 3.31. The minimum absolute atomic E-state index is 0.177. The average molecular weight is 307 g/mol. The third-order valence-corrected chi connectivity index (χ3v) is 4.46. The third-order valence-electron chi connectivity index (χ3n) is 4.46. The fourth-order valence-corrected chi connectivity index (χ4v) is 3.31. The molecule has 0 aliphatic carbocycles. The lowest BCUT2D eigenvalue weighted by Gasteiger charge is -2.23. The maximum atomic E-state index is 13.7. The fraction of sp³-hybridized carbons (Fsp3) is 0.211. The molecule has 1 aromatic carbocycles. The molecular weight excluding hydrogens is 289 g/mol. The van der Waals surface area contributed by atoms with Gasteiger partial charge in [-0.2, -0.15) is 0 Å². The van der Waals surface area contributed by atoms with Gasteiger partial charge in [0.1, 0.15) is 5.82 Å². The molecule has 0 bridgehead atoms. The molecule has 1 aliphatic heterocycles. The SMILES string of the molecule is CN1CCc2c(c3cc(F)ccc3n2C=Cc2ccncc2)C1. The lowest BCUT2D eigenvalue weighted by Crippen LogP contribution is -2.26. The number of aromatic nitrogens is 2. The van der Waals surface area contributed by atoms with Gasteiger partial charge in [-0.1, -0.05) is 0 Å². The minimum atomic E-state index is -0.177. The second-order valence-corrected chi connectivity index (χ2v) is 6.04. The van der Waals surface area contributed by atoms with Gasteiger partial charge in [-0.3, -0.25) is 4.98 Å². The van der Waals surface area contributed by atoms with Crippen LogP contribution in [-0.2, 0) is 13.0 Å². The highest BCUT2D eigenvalue weighted by Gasteiger charge is 2.21. The molecule has 0 radical (unpaired) electrons. The van der Waals surface area contributed by atoms with Crippen LogP contribution in [0.5, 0.6) is 0 Å². The van der Waals surface area contributed by atoms with E-state index in [9.17, 15) is 4.39 Å². The van der Waals surface area contributed by atoms with Crippen LogP contribution in [0.1, 0.15) is 16.8 Å². The van der Waals surface area contributed by atoms with Gasteiger partial charge < -0.3 is 9.47 Å². The van der Waals surface area contributed by atoms with Gasteiger partial charge >= 0.3 is 0 Å². The van der Waals surface area contributed by atoms with E-state index in [1.165, 1.54) is 17.3 Å². The van der Waals surface area contributed by atoms with Crippen molar-refractivity contribution in [2.45, 2.75) is 13.0 Å². The molecule has 0 amide bonds. The molecule has 3 aromatic rings. The van der Waals surface area contributed by atoms with E-state index in [0.29, 0.717) is 0 Å². The molecule has 4 heteroatoms. The van der Waals surface area contributed by atoms with Crippen LogP contribution in [-0.4, -0.2) is 28.0 Å². The maximum absolute atomic E-state index is 13.7. The number of rotatable bonds is 2. The zero-order chi connectivity index (χ0) is 15.8. The van der Waals surface area contributed by atoms with Crippen molar-refractivity contribution in [1.82, 2.24) is 14.5 Å². The van der Waals surface area contributed by atoms with E-state index in [2.05, 4.69) is 33.8 Å². The lowest BCUT2D eigenvalue weighted by atomic mass is 10.1. The second-order valence-electron chi connectivity index (χ2n) is 6.04. The number of fused-ring (bicyclic) bond motifs is 3. The van der Waals surface area contributed by atoms with E-state index in [1.807, 2.05) is 18.2 Å². The van der Waals surface area contributed by atoms with E-state index in [0.717, 1.165) is 36.0 Å². The van der Waals surface area contributed by atoms with E-state index < -0.39 is 0 Å². The Bertz CT molecular complexity index is 881. The molecule has 0 N–H and O–H groups in total. The number of halogens is 1. The Morgan fingerprint density at radius 1 is 1.17 bits per heavy atom. The van der Waals surface area contributed by atoms with Gasteiger partial charge in [0, 0.05) is 49.2 Å². The monoisotopic (exact) mass is 307 g/mol. The first-order chi connectivity index (χ1) is 11.2. The lowest BCUT2D eigenvalue weighted by molar-refractivity contribution is 0.312. The Hall–Kier alpha value is -2.46. The Morgan fingerprint density at radius 3 is 2.83 bits per heavy atom. The van der Waals surface area contributed by atoms with E-state index in [-0.39, 0.29) is 5.82 Å². The molecule has 3 nitrogen and oxygen atoms in total. The highest BCUT2D eigenvalue weighted by Crippen LogP contribution is 2.31. The molecule has 4 rings (SSSR count). The summed E-state index contributed by atoms with van der Waals surface area (Å²) in [6, 6.07) is 9.02. The number of pyridine rings is 1. The van der Waals surface area contributed by atoms with Gasteiger partial charge in [-0.05, 0) is 54.6 Å². The molecule has 0 saturated heterocycles. The zero-order valence-electron chi connectivity index (χ0n) is 13.0. The van der Waals surface area contributed by atoms with Gasteiger partial charge in [-0.25, -0.2) is 4.39 Å². The van der Waals surface area contributed by atoms with Crippen LogP contribution in [0.2, 0.25) is 0 Å². The Morgan fingerprint density at radius 2 is 2.00 bits per heavy atom. The van der Waals surface area contributed by atoms with E-state index >= 15 is 0 Å². The molecular formula is C19H18FN3. The van der Waals surface area contributed by atoms with Crippen molar-refractivity contribution in [3.05, 3.63) is 65.4 Å². The number of nitrogens with zero attached hydrogens (tertiary/aromatic N) is 3. The van der Waals surface area contributed by atoms with Crippen molar-refractivity contribution < 1.29 is 4.39 Å². The van der Waals surface area contributed by atoms with Crippen LogP contribution < -0.4 is 0 Å². The topological polar surface area (TPSA) is 21.1 Å². The summed E-state index contributed by atoms with van der Waals surface area (Å²) in [5.74, 6) is -0.177. The summed E-state index contributed by atoms with van der Waals surface area (Å²) in [5, 5.41) is 1.02. The largest absolute Gasteiger partial charge is 0.320 e. The van der Waals surface area contributed by atoms with Crippen molar-refractivity contribution in [3.63, 3.8) is 0 Å². The molecule has 0 saturated carbocycles. The molecule has 23 heavy (non-hydrogen) atoms. The van der Waals surface area contributed by atoms with Gasteiger partial charge in [0.15, 0.2) is 0 Å². The average Bonchev–Trinajstić information content (AvgIpc) is 2.86.